The van der Waals surface area contributed by atoms with Crippen LogP contribution in [0.25, 0.3) is 0 Å². The predicted octanol–water partition coefficient (Wildman–Crippen LogP) is 0.908. The third kappa shape index (κ3) is 9.04. The minimum atomic E-state index is -0.809. The fourth-order valence-corrected chi connectivity index (χ4v) is 1.62. The molecule has 2 amide bonds. The summed E-state index contributed by atoms with van der Waals surface area (Å²) in [5.41, 5.74) is -0.136. The Morgan fingerprint density at radius 2 is 1.79 bits per heavy atom. The number of aliphatic carboxylic acids is 1. The molecular weight excluding hydrogens is 248 g/mol. The zero-order valence-corrected chi connectivity index (χ0v) is 12.1. The van der Waals surface area contributed by atoms with Gasteiger partial charge in [-0.15, -0.1) is 0 Å². The van der Waals surface area contributed by atoms with Gasteiger partial charge < -0.3 is 15.7 Å². The van der Waals surface area contributed by atoms with Crippen LogP contribution in [0.5, 0.6) is 0 Å². The number of hydrogen-bond donors (Lipinski definition) is 3. The number of hydrogen-bond acceptors (Lipinski definition) is 3. The summed E-state index contributed by atoms with van der Waals surface area (Å²) in [5, 5.41) is 13.9. The lowest BCUT2D eigenvalue weighted by Gasteiger charge is -2.24. The van der Waals surface area contributed by atoms with Crippen LogP contribution in [0.1, 0.15) is 47.0 Å². The van der Waals surface area contributed by atoms with E-state index >= 15 is 0 Å². The molecule has 0 heterocycles. The summed E-state index contributed by atoms with van der Waals surface area (Å²) in [7, 11) is 0. The van der Waals surface area contributed by atoms with Crippen LogP contribution in [0.3, 0.4) is 0 Å². The molecule has 1 atom stereocenters. The highest BCUT2D eigenvalue weighted by Gasteiger charge is 2.20. The first-order chi connectivity index (χ1) is 8.64. The zero-order chi connectivity index (χ0) is 15.1. The average Bonchev–Trinajstić information content (AvgIpc) is 2.25. The molecule has 0 spiro atoms. The van der Waals surface area contributed by atoms with Gasteiger partial charge in [-0.2, -0.15) is 0 Å². The van der Waals surface area contributed by atoms with E-state index in [0.29, 0.717) is 19.4 Å². The van der Waals surface area contributed by atoms with Crippen LogP contribution >= 0.6 is 0 Å². The van der Waals surface area contributed by atoms with Crippen molar-refractivity contribution in [2.75, 3.05) is 6.54 Å². The maximum Gasteiger partial charge on any atom is 0.303 e. The molecule has 1 unspecified atom stereocenters. The molecule has 0 aromatic carbocycles. The zero-order valence-electron chi connectivity index (χ0n) is 12.1. The van der Waals surface area contributed by atoms with Crippen molar-refractivity contribution in [3.63, 3.8) is 0 Å². The van der Waals surface area contributed by atoms with E-state index in [9.17, 15) is 14.4 Å². The van der Waals surface area contributed by atoms with Crippen molar-refractivity contribution < 1.29 is 19.5 Å². The van der Waals surface area contributed by atoms with Crippen molar-refractivity contribution in [2.45, 2.75) is 53.0 Å². The summed E-state index contributed by atoms with van der Waals surface area (Å²) < 4.78 is 0. The lowest BCUT2D eigenvalue weighted by molar-refractivity contribution is -0.137. The highest BCUT2D eigenvalue weighted by molar-refractivity contribution is 5.86. The number of carbonyl (C=O) groups is 3. The molecule has 0 aromatic rings. The minimum Gasteiger partial charge on any atom is -0.481 e. The molecule has 0 aromatic heterocycles. The number of rotatable bonds is 8. The van der Waals surface area contributed by atoms with E-state index in [1.54, 1.807) is 6.92 Å². The third-order valence-electron chi connectivity index (χ3n) is 2.93. The van der Waals surface area contributed by atoms with Gasteiger partial charge in [-0.25, -0.2) is 0 Å². The van der Waals surface area contributed by atoms with Crippen molar-refractivity contribution in [1.82, 2.24) is 10.6 Å². The summed E-state index contributed by atoms with van der Waals surface area (Å²) in [4.78, 5) is 32.9. The normalized spacial score (nSPS) is 12.6. The molecular formula is C13H24N2O4. The first-order valence-corrected chi connectivity index (χ1v) is 6.40. The second-order valence-electron chi connectivity index (χ2n) is 5.52. The Hall–Kier alpha value is -1.59. The SMILES string of the molecule is CC(=O)NC(C)C(=O)NCCC(C)(C)CCC(=O)O. The van der Waals surface area contributed by atoms with Crippen molar-refractivity contribution in [3.8, 4) is 0 Å². The molecule has 19 heavy (non-hydrogen) atoms. The van der Waals surface area contributed by atoms with Crippen LogP contribution in [0.4, 0.5) is 0 Å². The van der Waals surface area contributed by atoms with Gasteiger partial charge >= 0.3 is 5.97 Å². The van der Waals surface area contributed by atoms with Crippen LogP contribution in [-0.2, 0) is 14.4 Å². The standard InChI is InChI=1S/C13H24N2O4/c1-9(15-10(2)16)12(19)14-8-7-13(3,4)6-5-11(17)18/h9H,5-8H2,1-4H3,(H,14,19)(H,15,16)(H,17,18). The fourth-order valence-electron chi connectivity index (χ4n) is 1.62. The molecule has 0 saturated heterocycles. The van der Waals surface area contributed by atoms with Gasteiger partial charge in [0, 0.05) is 19.9 Å². The number of carboxylic acids is 1. The molecule has 0 aliphatic carbocycles. The first kappa shape index (κ1) is 17.4. The Bertz CT molecular complexity index is 340. The predicted molar refractivity (Wildman–Crippen MR) is 71.6 cm³/mol. The van der Waals surface area contributed by atoms with Crippen molar-refractivity contribution in [3.05, 3.63) is 0 Å². The molecule has 3 N–H and O–H groups in total. The lowest BCUT2D eigenvalue weighted by atomic mass is 9.84. The van der Waals surface area contributed by atoms with Crippen molar-refractivity contribution >= 4 is 17.8 Å². The minimum absolute atomic E-state index is 0.128. The van der Waals surface area contributed by atoms with Gasteiger partial charge in [-0.05, 0) is 25.2 Å². The van der Waals surface area contributed by atoms with Gasteiger partial charge in [0.15, 0.2) is 0 Å². The van der Waals surface area contributed by atoms with Gasteiger partial charge in [0.1, 0.15) is 6.04 Å². The third-order valence-corrected chi connectivity index (χ3v) is 2.93. The molecule has 6 nitrogen and oxygen atoms in total. The van der Waals surface area contributed by atoms with E-state index in [1.165, 1.54) is 6.92 Å². The highest BCUT2D eigenvalue weighted by atomic mass is 16.4. The maximum absolute atomic E-state index is 11.6. The number of amides is 2. The Labute approximate surface area is 113 Å². The van der Waals surface area contributed by atoms with E-state index < -0.39 is 12.0 Å². The molecule has 0 bridgehead atoms. The average molecular weight is 272 g/mol. The smallest absolute Gasteiger partial charge is 0.303 e. The quantitative estimate of drug-likeness (QED) is 0.612. The Balaban J connectivity index is 3.97. The Morgan fingerprint density at radius 3 is 2.26 bits per heavy atom. The van der Waals surface area contributed by atoms with E-state index in [2.05, 4.69) is 10.6 Å². The molecule has 6 heteroatoms. The van der Waals surface area contributed by atoms with Gasteiger partial charge in [-0.3, -0.25) is 14.4 Å². The molecule has 0 radical (unpaired) electrons. The number of nitrogens with one attached hydrogen (secondary N) is 2. The van der Waals surface area contributed by atoms with E-state index in [4.69, 9.17) is 5.11 Å². The summed E-state index contributed by atoms with van der Waals surface area (Å²) in [6.45, 7) is 7.39. The van der Waals surface area contributed by atoms with Gasteiger partial charge in [0.2, 0.25) is 11.8 Å². The Kier molecular flexibility index (Phi) is 7.11. The maximum atomic E-state index is 11.6. The van der Waals surface area contributed by atoms with Crippen molar-refractivity contribution in [1.29, 1.82) is 0 Å². The fraction of sp³-hybridized carbons (Fsp3) is 0.769. The topological polar surface area (TPSA) is 95.5 Å². The van der Waals surface area contributed by atoms with Crippen LogP contribution in [0, 0.1) is 5.41 Å². The van der Waals surface area contributed by atoms with E-state index in [1.807, 2.05) is 13.8 Å². The van der Waals surface area contributed by atoms with Crippen molar-refractivity contribution in [2.24, 2.45) is 5.41 Å². The number of carbonyl (C=O) groups excluding carboxylic acids is 2. The molecule has 110 valence electrons. The summed E-state index contributed by atoms with van der Waals surface area (Å²) in [5.74, 6) is -1.29. The summed E-state index contributed by atoms with van der Waals surface area (Å²) >= 11 is 0. The lowest BCUT2D eigenvalue weighted by Crippen LogP contribution is -2.44. The first-order valence-electron chi connectivity index (χ1n) is 6.40. The van der Waals surface area contributed by atoms with Crippen LogP contribution in [-0.4, -0.2) is 35.5 Å². The second-order valence-corrected chi connectivity index (χ2v) is 5.52. The van der Waals surface area contributed by atoms with Gasteiger partial charge in [-0.1, -0.05) is 13.8 Å². The molecule has 0 fully saturated rings. The monoisotopic (exact) mass is 272 g/mol. The largest absolute Gasteiger partial charge is 0.481 e. The summed E-state index contributed by atoms with van der Waals surface area (Å²) in [6.07, 6.45) is 1.39. The van der Waals surface area contributed by atoms with Crippen LogP contribution < -0.4 is 10.6 Å². The molecule has 0 saturated carbocycles. The van der Waals surface area contributed by atoms with Gasteiger partial charge in [0.25, 0.3) is 0 Å². The van der Waals surface area contributed by atoms with E-state index in [0.717, 1.165) is 0 Å². The van der Waals surface area contributed by atoms with E-state index in [-0.39, 0.29) is 23.7 Å². The second kappa shape index (κ2) is 7.76. The highest BCUT2D eigenvalue weighted by Crippen LogP contribution is 2.25. The van der Waals surface area contributed by atoms with Gasteiger partial charge in [0.05, 0.1) is 0 Å². The summed E-state index contributed by atoms with van der Waals surface area (Å²) in [6, 6.07) is -0.556. The molecule has 0 aliphatic heterocycles. The van der Waals surface area contributed by atoms with Crippen LogP contribution in [0.15, 0.2) is 0 Å². The number of carboxylic acid groups (broad SMARTS) is 1. The van der Waals surface area contributed by atoms with Crippen LogP contribution in [0.2, 0.25) is 0 Å². The molecule has 0 rings (SSSR count). The Morgan fingerprint density at radius 1 is 1.21 bits per heavy atom. The molecule has 0 aliphatic rings.